The summed E-state index contributed by atoms with van der Waals surface area (Å²) in [5.41, 5.74) is -0.565. The first-order chi connectivity index (χ1) is 6.38. The normalized spacial score (nSPS) is 11.5. The Kier molecular flexibility index (Phi) is 3.62. The van der Waals surface area contributed by atoms with Crippen molar-refractivity contribution in [2.24, 2.45) is 0 Å². The number of alkyl halides is 1. The third-order valence-electron chi connectivity index (χ3n) is 1.63. The Labute approximate surface area is 93.2 Å². The second kappa shape index (κ2) is 4.37. The maximum absolute atomic E-state index is 13.2. The molecule has 0 saturated heterocycles. The van der Waals surface area contributed by atoms with E-state index >= 15 is 0 Å². The molecule has 0 aliphatic rings. The minimum atomic E-state index is -1.26. The molecule has 0 aliphatic carbocycles. The molecule has 1 nitrogen and oxygen atoms in total. The van der Waals surface area contributed by atoms with Gasteiger partial charge in [-0.2, -0.15) is 0 Å². The lowest BCUT2D eigenvalue weighted by molar-refractivity contribution is 0.235. The molecule has 1 rings (SSSR count). The third kappa shape index (κ3) is 3.72. The monoisotopic (exact) mass is 235 g/mol. The van der Waals surface area contributed by atoms with E-state index in [1.165, 1.54) is 13.8 Å². The Bertz CT molecular complexity index is 320. The molecule has 0 saturated carbocycles. The van der Waals surface area contributed by atoms with E-state index in [4.69, 9.17) is 23.2 Å². The van der Waals surface area contributed by atoms with Gasteiger partial charge in [0, 0.05) is 11.6 Å². The van der Waals surface area contributed by atoms with Crippen molar-refractivity contribution < 1.29 is 4.39 Å². The average Bonchev–Trinajstić information content (AvgIpc) is 2.00. The first-order valence-corrected chi connectivity index (χ1v) is 5.02. The number of hydrogen-bond donors (Lipinski definition) is 1. The van der Waals surface area contributed by atoms with Gasteiger partial charge in [-0.15, -0.1) is 0 Å². The molecule has 0 aliphatic heterocycles. The summed E-state index contributed by atoms with van der Waals surface area (Å²) in [7, 11) is 0. The van der Waals surface area contributed by atoms with Crippen molar-refractivity contribution in [1.82, 2.24) is 0 Å². The van der Waals surface area contributed by atoms with Crippen molar-refractivity contribution in [2.45, 2.75) is 19.5 Å². The van der Waals surface area contributed by atoms with Crippen LogP contribution in [0.1, 0.15) is 13.8 Å². The number of anilines is 1. The highest BCUT2D eigenvalue weighted by Crippen LogP contribution is 2.25. The van der Waals surface area contributed by atoms with Gasteiger partial charge in [0.25, 0.3) is 0 Å². The van der Waals surface area contributed by atoms with E-state index in [1.54, 1.807) is 18.2 Å². The van der Waals surface area contributed by atoms with Crippen LogP contribution in [0.25, 0.3) is 0 Å². The summed E-state index contributed by atoms with van der Waals surface area (Å²) in [6, 6.07) is 5.06. The Balaban J connectivity index is 2.68. The standard InChI is InChI=1S/C10H12Cl2FN/c1-10(2,13)6-14-9-4-3-7(11)5-8(9)12/h3-5,14H,6H2,1-2H3. The SMILES string of the molecule is CC(C)(F)CNc1ccc(Cl)cc1Cl. The quantitative estimate of drug-likeness (QED) is 0.831. The minimum Gasteiger partial charge on any atom is -0.381 e. The molecule has 1 N–H and O–H groups in total. The van der Waals surface area contributed by atoms with E-state index in [2.05, 4.69) is 5.32 Å². The van der Waals surface area contributed by atoms with Crippen LogP contribution in [0.5, 0.6) is 0 Å². The average molecular weight is 236 g/mol. The van der Waals surface area contributed by atoms with Crippen LogP contribution in [0.15, 0.2) is 18.2 Å². The summed E-state index contributed by atoms with van der Waals surface area (Å²) in [5, 5.41) is 3.99. The fourth-order valence-corrected chi connectivity index (χ4v) is 1.41. The molecule has 0 atom stereocenters. The van der Waals surface area contributed by atoms with E-state index in [0.717, 1.165) is 0 Å². The van der Waals surface area contributed by atoms with Crippen LogP contribution >= 0.6 is 23.2 Å². The maximum atomic E-state index is 13.2. The number of benzene rings is 1. The van der Waals surface area contributed by atoms with Gasteiger partial charge in [0.15, 0.2) is 0 Å². The molecule has 1 aromatic carbocycles. The summed E-state index contributed by atoms with van der Waals surface area (Å²) in [6.45, 7) is 3.22. The molecule has 0 aromatic heterocycles. The minimum absolute atomic E-state index is 0.217. The first-order valence-electron chi connectivity index (χ1n) is 4.26. The molecule has 78 valence electrons. The van der Waals surface area contributed by atoms with E-state index in [1.807, 2.05) is 0 Å². The highest BCUT2D eigenvalue weighted by Gasteiger charge is 2.15. The van der Waals surface area contributed by atoms with Crippen LogP contribution in [-0.2, 0) is 0 Å². The van der Waals surface area contributed by atoms with Crippen molar-refractivity contribution in [3.8, 4) is 0 Å². The third-order valence-corrected chi connectivity index (χ3v) is 2.18. The van der Waals surface area contributed by atoms with Crippen molar-refractivity contribution in [3.63, 3.8) is 0 Å². The van der Waals surface area contributed by atoms with Crippen molar-refractivity contribution in [3.05, 3.63) is 28.2 Å². The van der Waals surface area contributed by atoms with Crippen molar-refractivity contribution in [1.29, 1.82) is 0 Å². The van der Waals surface area contributed by atoms with E-state index in [-0.39, 0.29) is 6.54 Å². The van der Waals surface area contributed by atoms with Gasteiger partial charge in [-0.3, -0.25) is 0 Å². The van der Waals surface area contributed by atoms with Crippen LogP contribution in [0, 0.1) is 0 Å². The molecule has 0 fully saturated rings. The highest BCUT2D eigenvalue weighted by atomic mass is 35.5. The zero-order valence-electron chi connectivity index (χ0n) is 8.07. The summed E-state index contributed by atoms with van der Waals surface area (Å²) >= 11 is 11.6. The molecular formula is C10H12Cl2FN. The fraction of sp³-hybridized carbons (Fsp3) is 0.400. The van der Waals surface area contributed by atoms with Crippen molar-refractivity contribution >= 4 is 28.9 Å². The molecule has 0 bridgehead atoms. The maximum Gasteiger partial charge on any atom is 0.122 e. The highest BCUT2D eigenvalue weighted by molar-refractivity contribution is 6.36. The lowest BCUT2D eigenvalue weighted by atomic mass is 10.1. The summed E-state index contributed by atoms with van der Waals surface area (Å²) in [4.78, 5) is 0. The fourth-order valence-electron chi connectivity index (χ4n) is 0.938. The van der Waals surface area contributed by atoms with Gasteiger partial charge >= 0.3 is 0 Å². The first kappa shape index (κ1) is 11.6. The zero-order chi connectivity index (χ0) is 10.8. The van der Waals surface area contributed by atoms with Gasteiger partial charge in [0.2, 0.25) is 0 Å². The molecule has 0 unspecified atom stereocenters. The number of halogens is 3. The molecule has 0 radical (unpaired) electrons. The van der Waals surface area contributed by atoms with E-state index in [9.17, 15) is 4.39 Å². The van der Waals surface area contributed by atoms with E-state index in [0.29, 0.717) is 15.7 Å². The zero-order valence-corrected chi connectivity index (χ0v) is 9.58. The summed E-state index contributed by atoms with van der Waals surface area (Å²) in [6.07, 6.45) is 0. The molecule has 1 aromatic rings. The largest absolute Gasteiger partial charge is 0.381 e. The van der Waals surface area contributed by atoms with Crippen LogP contribution in [0.4, 0.5) is 10.1 Å². The van der Waals surface area contributed by atoms with Gasteiger partial charge in [-0.1, -0.05) is 23.2 Å². The van der Waals surface area contributed by atoms with Crippen LogP contribution < -0.4 is 5.32 Å². The Morgan fingerprint density at radius 3 is 2.50 bits per heavy atom. The Morgan fingerprint density at radius 1 is 1.36 bits per heavy atom. The van der Waals surface area contributed by atoms with Crippen LogP contribution in [-0.4, -0.2) is 12.2 Å². The number of nitrogens with one attached hydrogen (secondary N) is 1. The molecule has 0 spiro atoms. The molecular weight excluding hydrogens is 224 g/mol. The number of hydrogen-bond acceptors (Lipinski definition) is 1. The second-order valence-corrected chi connectivity index (χ2v) is 4.54. The molecule has 4 heteroatoms. The van der Waals surface area contributed by atoms with Gasteiger partial charge < -0.3 is 5.32 Å². The van der Waals surface area contributed by atoms with Crippen molar-refractivity contribution in [2.75, 3.05) is 11.9 Å². The van der Waals surface area contributed by atoms with E-state index < -0.39 is 5.67 Å². The molecule has 0 heterocycles. The predicted molar refractivity (Wildman–Crippen MR) is 60.1 cm³/mol. The van der Waals surface area contributed by atoms with Gasteiger partial charge in [0.1, 0.15) is 5.67 Å². The molecule has 14 heavy (non-hydrogen) atoms. The van der Waals surface area contributed by atoms with Crippen LogP contribution in [0.2, 0.25) is 10.0 Å². The predicted octanol–water partition coefficient (Wildman–Crippen LogP) is 4.15. The lowest BCUT2D eigenvalue weighted by Crippen LogP contribution is -2.24. The Morgan fingerprint density at radius 2 is 2.00 bits per heavy atom. The van der Waals surface area contributed by atoms with Gasteiger partial charge in [-0.05, 0) is 32.0 Å². The smallest absolute Gasteiger partial charge is 0.122 e. The van der Waals surface area contributed by atoms with Gasteiger partial charge in [0.05, 0.1) is 10.7 Å². The number of rotatable bonds is 3. The lowest BCUT2D eigenvalue weighted by Gasteiger charge is -2.16. The summed E-state index contributed by atoms with van der Waals surface area (Å²) in [5.74, 6) is 0. The Hall–Kier alpha value is -0.470. The second-order valence-electron chi connectivity index (χ2n) is 3.70. The summed E-state index contributed by atoms with van der Waals surface area (Å²) < 4.78 is 13.2. The van der Waals surface area contributed by atoms with Gasteiger partial charge in [-0.25, -0.2) is 4.39 Å². The molecule has 0 amide bonds. The topological polar surface area (TPSA) is 12.0 Å². The van der Waals surface area contributed by atoms with Crippen LogP contribution in [0.3, 0.4) is 0 Å².